The van der Waals surface area contributed by atoms with Crippen molar-refractivity contribution in [1.82, 2.24) is 10.2 Å². The van der Waals surface area contributed by atoms with Crippen LogP contribution in [-0.4, -0.2) is 81.0 Å². The van der Waals surface area contributed by atoms with Gasteiger partial charge in [-0.25, -0.2) is 0 Å². The van der Waals surface area contributed by atoms with Gasteiger partial charge in [-0.3, -0.25) is 24.6 Å². The second kappa shape index (κ2) is 17.0. The highest BCUT2D eigenvalue weighted by molar-refractivity contribution is 6.27. The summed E-state index contributed by atoms with van der Waals surface area (Å²) in [5, 5.41) is 17.9. The van der Waals surface area contributed by atoms with Crippen LogP contribution in [0.5, 0.6) is 5.75 Å². The first-order valence-corrected chi connectivity index (χ1v) is 17.0. The van der Waals surface area contributed by atoms with Gasteiger partial charge < -0.3 is 31.6 Å². The number of ketones is 2. The van der Waals surface area contributed by atoms with E-state index in [1.54, 1.807) is 7.11 Å². The first-order valence-electron chi connectivity index (χ1n) is 17.0. The third-order valence-corrected chi connectivity index (χ3v) is 9.05. The van der Waals surface area contributed by atoms with E-state index < -0.39 is 16.5 Å². The molecule has 1 fully saturated rings. The molecule has 2 aliphatic rings. The van der Waals surface area contributed by atoms with Crippen LogP contribution in [0, 0.1) is 10.1 Å². The summed E-state index contributed by atoms with van der Waals surface area (Å²) in [7, 11) is 1.69. The van der Waals surface area contributed by atoms with Crippen molar-refractivity contribution in [2.45, 2.75) is 38.5 Å². The SMILES string of the molecule is COc1cc(CCCN2CCOCC2)ccc1-c1ccc(CCNC2=C(N)C(=O)c3cc([N+](=O)[O-])c(NCCCCCN)cc3C2=O)cc1. The van der Waals surface area contributed by atoms with Gasteiger partial charge in [-0.15, -0.1) is 0 Å². The quantitative estimate of drug-likeness (QED) is 0.0907. The Balaban J connectivity index is 1.19. The number of aryl methyl sites for hydroxylation is 1. The average Bonchev–Trinajstić information content (AvgIpc) is 3.12. The highest BCUT2D eigenvalue weighted by Gasteiger charge is 2.34. The standard InChI is InChI=1S/C37H46N6O6/c1-48-33-22-26(6-5-17-42-18-20-49-21-19-42)9-12-28(33)27-10-7-25(8-11-27)13-16-41-35-34(39)36(44)30-24-32(43(46)47)31(23-29(30)37(35)45)40-15-4-2-3-14-38/h7-12,22-24,40-41H,2-6,13-21,38-39H2,1H3. The summed E-state index contributed by atoms with van der Waals surface area (Å²) in [4.78, 5) is 40.3. The van der Waals surface area contributed by atoms with Gasteiger partial charge in [0.05, 0.1) is 25.2 Å². The molecule has 1 saturated heterocycles. The maximum atomic E-state index is 13.5. The number of benzene rings is 3. The van der Waals surface area contributed by atoms with E-state index in [1.165, 1.54) is 11.6 Å². The van der Waals surface area contributed by atoms with Crippen LogP contribution in [0.2, 0.25) is 0 Å². The number of carbonyl (C=O) groups excluding carboxylic acids is 2. The fourth-order valence-electron chi connectivity index (χ4n) is 6.26. The zero-order valence-electron chi connectivity index (χ0n) is 28.1. The molecule has 0 amide bonds. The Labute approximate surface area is 287 Å². The van der Waals surface area contributed by atoms with Gasteiger partial charge in [0.25, 0.3) is 5.69 Å². The molecule has 3 aromatic rings. The van der Waals surface area contributed by atoms with Gasteiger partial charge >= 0.3 is 0 Å². The Morgan fingerprint density at radius 1 is 0.857 bits per heavy atom. The third-order valence-electron chi connectivity index (χ3n) is 9.05. The van der Waals surface area contributed by atoms with Crippen molar-refractivity contribution in [1.29, 1.82) is 0 Å². The number of methoxy groups -OCH3 is 1. The number of unbranched alkanes of at least 4 members (excludes halogenated alkanes) is 2. The molecule has 0 bridgehead atoms. The fourth-order valence-corrected chi connectivity index (χ4v) is 6.26. The number of nitro benzene ring substituents is 1. The lowest BCUT2D eigenvalue weighted by Crippen LogP contribution is -2.36. The van der Waals surface area contributed by atoms with E-state index in [9.17, 15) is 19.7 Å². The molecule has 0 saturated carbocycles. The fraction of sp³-hybridized carbons (Fsp3) is 0.405. The summed E-state index contributed by atoms with van der Waals surface area (Å²) in [6.07, 6.45) is 5.11. The van der Waals surface area contributed by atoms with Crippen molar-refractivity contribution in [3.8, 4) is 16.9 Å². The van der Waals surface area contributed by atoms with Gasteiger partial charge in [0.15, 0.2) is 0 Å². The topological polar surface area (TPSA) is 175 Å². The normalized spacial score (nSPS) is 14.9. The van der Waals surface area contributed by atoms with Crippen molar-refractivity contribution in [3.05, 3.63) is 98.4 Å². The van der Waals surface area contributed by atoms with Crippen LogP contribution in [0.4, 0.5) is 11.4 Å². The first kappa shape index (κ1) is 35.5. The molecule has 1 aliphatic heterocycles. The van der Waals surface area contributed by atoms with E-state index in [1.807, 2.05) is 24.3 Å². The molecule has 0 radical (unpaired) electrons. The number of nitrogens with one attached hydrogen (secondary N) is 2. The van der Waals surface area contributed by atoms with Crippen molar-refractivity contribution in [2.24, 2.45) is 11.5 Å². The zero-order valence-corrected chi connectivity index (χ0v) is 28.1. The number of nitrogens with two attached hydrogens (primary N) is 2. The molecule has 0 atom stereocenters. The smallest absolute Gasteiger partial charge is 0.293 e. The maximum Gasteiger partial charge on any atom is 0.293 e. The van der Waals surface area contributed by atoms with Crippen LogP contribution in [0.15, 0.2) is 66.0 Å². The van der Waals surface area contributed by atoms with Crippen molar-refractivity contribution >= 4 is 22.9 Å². The van der Waals surface area contributed by atoms with Gasteiger partial charge in [-0.2, -0.15) is 0 Å². The minimum absolute atomic E-state index is 0.00615. The predicted molar refractivity (Wildman–Crippen MR) is 190 cm³/mol. The number of hydrogen-bond acceptors (Lipinski definition) is 11. The molecule has 0 spiro atoms. The number of Topliss-reactive ketones (excluding diaryl/α,β-unsaturated/α-hetero) is 2. The van der Waals surface area contributed by atoms with Crippen LogP contribution in [-0.2, 0) is 17.6 Å². The number of morpholine rings is 1. The summed E-state index contributed by atoms with van der Waals surface area (Å²) in [6.45, 7) is 6.07. The second-order valence-corrected chi connectivity index (χ2v) is 12.4. The Morgan fingerprint density at radius 3 is 2.31 bits per heavy atom. The van der Waals surface area contributed by atoms with Gasteiger partial charge in [0.1, 0.15) is 22.8 Å². The van der Waals surface area contributed by atoms with Crippen LogP contribution in [0.1, 0.15) is 57.5 Å². The van der Waals surface area contributed by atoms with Crippen molar-refractivity contribution < 1.29 is 24.0 Å². The van der Waals surface area contributed by atoms with Gasteiger partial charge in [-0.05, 0) is 74.0 Å². The van der Waals surface area contributed by atoms with E-state index in [4.69, 9.17) is 20.9 Å². The Hall–Kier alpha value is -4.78. The van der Waals surface area contributed by atoms with E-state index in [0.717, 1.165) is 93.5 Å². The highest BCUT2D eigenvalue weighted by Crippen LogP contribution is 2.34. The van der Waals surface area contributed by atoms with Crippen molar-refractivity contribution in [3.63, 3.8) is 0 Å². The lowest BCUT2D eigenvalue weighted by atomic mass is 9.89. The van der Waals surface area contributed by atoms with Crippen LogP contribution in [0.3, 0.4) is 0 Å². The Bertz CT molecular complexity index is 1680. The minimum Gasteiger partial charge on any atom is -0.496 e. The number of fused-ring (bicyclic) bond motifs is 1. The van der Waals surface area contributed by atoms with Crippen LogP contribution >= 0.6 is 0 Å². The molecule has 1 aliphatic carbocycles. The Kier molecular flexibility index (Phi) is 12.4. The Morgan fingerprint density at radius 2 is 1.59 bits per heavy atom. The second-order valence-electron chi connectivity index (χ2n) is 12.4. The highest BCUT2D eigenvalue weighted by atomic mass is 16.6. The molecule has 1 heterocycles. The van der Waals surface area contributed by atoms with Crippen molar-refractivity contribution in [2.75, 3.05) is 64.9 Å². The summed E-state index contributed by atoms with van der Waals surface area (Å²) >= 11 is 0. The molecular weight excluding hydrogens is 624 g/mol. The summed E-state index contributed by atoms with van der Waals surface area (Å²) in [6, 6.07) is 17.0. The number of ether oxygens (including phenoxy) is 2. The van der Waals surface area contributed by atoms with E-state index >= 15 is 0 Å². The van der Waals surface area contributed by atoms with Gasteiger partial charge in [0, 0.05) is 48.9 Å². The molecule has 12 nitrogen and oxygen atoms in total. The largest absolute Gasteiger partial charge is 0.496 e. The molecule has 3 aromatic carbocycles. The average molecular weight is 671 g/mol. The molecule has 49 heavy (non-hydrogen) atoms. The molecule has 0 unspecified atom stereocenters. The molecule has 6 N–H and O–H groups in total. The predicted octanol–water partition coefficient (Wildman–Crippen LogP) is 4.46. The molecule has 260 valence electrons. The molecule has 0 aromatic heterocycles. The number of rotatable bonds is 17. The van der Waals surface area contributed by atoms with E-state index in [2.05, 4.69) is 33.7 Å². The number of hydrogen-bond donors (Lipinski definition) is 4. The minimum atomic E-state index is -0.615. The lowest BCUT2D eigenvalue weighted by Gasteiger charge is -2.26. The summed E-state index contributed by atoms with van der Waals surface area (Å²) in [5.74, 6) is -0.256. The van der Waals surface area contributed by atoms with Gasteiger partial charge in [0.2, 0.25) is 11.6 Å². The summed E-state index contributed by atoms with van der Waals surface area (Å²) < 4.78 is 11.2. The van der Waals surface area contributed by atoms with Crippen LogP contribution in [0.25, 0.3) is 11.1 Å². The van der Waals surface area contributed by atoms with E-state index in [-0.39, 0.29) is 33.9 Å². The molecule has 12 heteroatoms. The number of allylic oxidation sites excluding steroid dienone is 2. The number of nitrogens with zero attached hydrogens (tertiary/aromatic N) is 2. The van der Waals surface area contributed by atoms with Crippen LogP contribution < -0.4 is 26.8 Å². The first-order chi connectivity index (χ1) is 23.8. The zero-order chi connectivity index (χ0) is 34.8. The van der Waals surface area contributed by atoms with E-state index in [0.29, 0.717) is 26.1 Å². The number of nitro groups is 1. The monoisotopic (exact) mass is 670 g/mol. The lowest BCUT2D eigenvalue weighted by molar-refractivity contribution is -0.384. The summed E-state index contributed by atoms with van der Waals surface area (Å²) in [5.41, 5.74) is 15.7. The van der Waals surface area contributed by atoms with Gasteiger partial charge in [-0.1, -0.05) is 42.8 Å². The molecular formula is C37H46N6O6. The third kappa shape index (κ3) is 8.83. The number of carbonyl (C=O) groups is 2. The maximum absolute atomic E-state index is 13.5. The molecule has 5 rings (SSSR count). The number of anilines is 1.